The highest BCUT2D eigenvalue weighted by molar-refractivity contribution is 5.79. The summed E-state index contributed by atoms with van der Waals surface area (Å²) in [5, 5.41) is 3.08. The van der Waals surface area contributed by atoms with Gasteiger partial charge in [0.1, 0.15) is 0 Å². The molecule has 0 spiro atoms. The lowest BCUT2D eigenvalue weighted by molar-refractivity contribution is -0.128. The number of nitrogens with one attached hydrogen (secondary N) is 1. The van der Waals surface area contributed by atoms with Crippen LogP contribution < -0.4 is 14.8 Å². The molecule has 116 valence electrons. The van der Waals surface area contributed by atoms with E-state index in [1.165, 1.54) is 6.42 Å². The Bertz CT molecular complexity index is 483. The Balaban J connectivity index is 2.06. The van der Waals surface area contributed by atoms with Crippen molar-refractivity contribution in [2.45, 2.75) is 46.1 Å². The molecule has 0 heterocycles. The van der Waals surface area contributed by atoms with E-state index in [1.807, 2.05) is 39.0 Å². The molecule has 1 aliphatic carbocycles. The maximum Gasteiger partial charge on any atom is 0.223 e. The lowest BCUT2D eigenvalue weighted by Gasteiger charge is -2.26. The van der Waals surface area contributed by atoms with Crippen LogP contribution in [0.25, 0.3) is 0 Å². The van der Waals surface area contributed by atoms with Crippen LogP contribution in [0, 0.1) is 5.92 Å². The van der Waals surface area contributed by atoms with Crippen LogP contribution in [0.2, 0.25) is 0 Å². The number of hydrogen-bond acceptors (Lipinski definition) is 3. The van der Waals surface area contributed by atoms with Gasteiger partial charge in [-0.3, -0.25) is 4.79 Å². The van der Waals surface area contributed by atoms with Gasteiger partial charge in [-0.1, -0.05) is 12.5 Å². The zero-order valence-corrected chi connectivity index (χ0v) is 13.1. The molecular weight excluding hydrogens is 266 g/mol. The molecule has 2 rings (SSSR count). The molecule has 4 heteroatoms. The maximum absolute atomic E-state index is 12.0. The van der Waals surface area contributed by atoms with Crippen LogP contribution in [0.5, 0.6) is 11.5 Å². The molecule has 21 heavy (non-hydrogen) atoms. The molecule has 0 saturated heterocycles. The topological polar surface area (TPSA) is 47.6 Å². The van der Waals surface area contributed by atoms with Crippen molar-refractivity contribution < 1.29 is 14.3 Å². The fraction of sp³-hybridized carbons (Fsp3) is 0.588. The van der Waals surface area contributed by atoms with E-state index in [0.717, 1.165) is 29.9 Å². The van der Waals surface area contributed by atoms with Crippen molar-refractivity contribution in [1.29, 1.82) is 0 Å². The van der Waals surface area contributed by atoms with E-state index in [4.69, 9.17) is 9.47 Å². The minimum Gasteiger partial charge on any atom is -0.490 e. The second kappa shape index (κ2) is 7.34. The van der Waals surface area contributed by atoms with Gasteiger partial charge in [-0.2, -0.15) is 0 Å². The standard InChI is InChI=1S/C17H25NO3/c1-4-20-15-10-9-14(11-16(15)21-5-2)12(3)18-17(19)13-7-6-8-13/h9-13H,4-8H2,1-3H3,(H,18,19). The molecule has 0 aromatic heterocycles. The summed E-state index contributed by atoms with van der Waals surface area (Å²) in [6.45, 7) is 7.09. The highest BCUT2D eigenvalue weighted by Crippen LogP contribution is 2.31. The fourth-order valence-corrected chi connectivity index (χ4v) is 2.42. The van der Waals surface area contributed by atoms with Crippen molar-refractivity contribution in [2.75, 3.05) is 13.2 Å². The van der Waals surface area contributed by atoms with E-state index < -0.39 is 0 Å². The first-order chi connectivity index (χ1) is 10.2. The summed E-state index contributed by atoms with van der Waals surface area (Å²) in [5.74, 6) is 1.87. The number of hydrogen-bond donors (Lipinski definition) is 1. The summed E-state index contributed by atoms with van der Waals surface area (Å²) in [7, 11) is 0. The number of carbonyl (C=O) groups excluding carboxylic acids is 1. The van der Waals surface area contributed by atoms with Crippen LogP contribution in [0.3, 0.4) is 0 Å². The number of carbonyl (C=O) groups is 1. The van der Waals surface area contributed by atoms with Crippen LogP contribution in [0.1, 0.15) is 51.6 Å². The van der Waals surface area contributed by atoms with Crippen molar-refractivity contribution in [1.82, 2.24) is 5.32 Å². The fourth-order valence-electron chi connectivity index (χ4n) is 2.42. The molecule has 1 fully saturated rings. The first-order valence-corrected chi connectivity index (χ1v) is 7.85. The van der Waals surface area contributed by atoms with Crippen LogP contribution in [-0.4, -0.2) is 19.1 Å². The molecule has 1 aromatic carbocycles. The molecule has 1 atom stereocenters. The minimum atomic E-state index is -0.0204. The summed E-state index contributed by atoms with van der Waals surface area (Å²) in [6.07, 6.45) is 3.21. The number of amides is 1. The van der Waals surface area contributed by atoms with Crippen LogP contribution in [0.15, 0.2) is 18.2 Å². The molecular formula is C17H25NO3. The van der Waals surface area contributed by atoms with Crippen molar-refractivity contribution in [3.05, 3.63) is 23.8 Å². The third-order valence-electron chi connectivity index (χ3n) is 3.90. The van der Waals surface area contributed by atoms with E-state index in [-0.39, 0.29) is 17.9 Å². The summed E-state index contributed by atoms with van der Waals surface area (Å²) >= 11 is 0. The monoisotopic (exact) mass is 291 g/mol. The molecule has 1 aliphatic rings. The molecule has 0 bridgehead atoms. The van der Waals surface area contributed by atoms with E-state index >= 15 is 0 Å². The average molecular weight is 291 g/mol. The third-order valence-corrected chi connectivity index (χ3v) is 3.90. The Morgan fingerprint density at radius 1 is 1.24 bits per heavy atom. The molecule has 0 radical (unpaired) electrons. The number of benzene rings is 1. The predicted octanol–water partition coefficient (Wildman–Crippen LogP) is 3.46. The first-order valence-electron chi connectivity index (χ1n) is 7.85. The van der Waals surface area contributed by atoms with Gasteiger partial charge in [-0.25, -0.2) is 0 Å². The Morgan fingerprint density at radius 2 is 1.90 bits per heavy atom. The summed E-state index contributed by atoms with van der Waals surface area (Å²) in [6, 6.07) is 5.84. The maximum atomic E-state index is 12.0. The quantitative estimate of drug-likeness (QED) is 0.837. The van der Waals surface area contributed by atoms with Crippen molar-refractivity contribution in [3.8, 4) is 11.5 Å². The van der Waals surface area contributed by atoms with Crippen molar-refractivity contribution in [3.63, 3.8) is 0 Å². The Hall–Kier alpha value is -1.71. The molecule has 4 nitrogen and oxygen atoms in total. The van der Waals surface area contributed by atoms with Crippen LogP contribution in [0.4, 0.5) is 0 Å². The van der Waals surface area contributed by atoms with E-state index in [1.54, 1.807) is 0 Å². The predicted molar refractivity (Wildman–Crippen MR) is 82.7 cm³/mol. The van der Waals surface area contributed by atoms with Gasteiger partial charge in [-0.05, 0) is 51.3 Å². The zero-order valence-electron chi connectivity index (χ0n) is 13.1. The van der Waals surface area contributed by atoms with Gasteiger partial charge in [-0.15, -0.1) is 0 Å². The second-order valence-corrected chi connectivity index (χ2v) is 5.43. The van der Waals surface area contributed by atoms with Gasteiger partial charge in [0.2, 0.25) is 5.91 Å². The molecule has 1 N–H and O–H groups in total. The molecule has 1 aromatic rings. The normalized spacial score (nSPS) is 16.0. The first kappa shape index (κ1) is 15.7. The zero-order chi connectivity index (χ0) is 15.2. The smallest absolute Gasteiger partial charge is 0.223 e. The van der Waals surface area contributed by atoms with Gasteiger partial charge in [0, 0.05) is 5.92 Å². The van der Waals surface area contributed by atoms with E-state index in [9.17, 15) is 4.79 Å². The van der Waals surface area contributed by atoms with Gasteiger partial charge in [0.25, 0.3) is 0 Å². The van der Waals surface area contributed by atoms with Gasteiger partial charge in [0.05, 0.1) is 19.3 Å². The van der Waals surface area contributed by atoms with Crippen LogP contribution in [-0.2, 0) is 4.79 Å². The number of rotatable bonds is 7. The molecule has 1 amide bonds. The SMILES string of the molecule is CCOc1ccc(C(C)NC(=O)C2CCC2)cc1OCC. The highest BCUT2D eigenvalue weighted by Gasteiger charge is 2.26. The second-order valence-electron chi connectivity index (χ2n) is 5.43. The summed E-state index contributed by atoms with van der Waals surface area (Å²) in [5.41, 5.74) is 1.04. The van der Waals surface area contributed by atoms with Gasteiger partial charge >= 0.3 is 0 Å². The Labute approximate surface area is 126 Å². The van der Waals surface area contributed by atoms with Gasteiger partial charge in [0.15, 0.2) is 11.5 Å². The summed E-state index contributed by atoms with van der Waals surface area (Å²) in [4.78, 5) is 12.0. The van der Waals surface area contributed by atoms with Crippen LogP contribution >= 0.6 is 0 Å². The van der Waals surface area contributed by atoms with Gasteiger partial charge < -0.3 is 14.8 Å². The number of ether oxygens (including phenoxy) is 2. The van der Waals surface area contributed by atoms with E-state index in [2.05, 4.69) is 5.32 Å². The molecule has 1 saturated carbocycles. The Morgan fingerprint density at radius 3 is 2.48 bits per heavy atom. The summed E-state index contributed by atoms with van der Waals surface area (Å²) < 4.78 is 11.2. The largest absolute Gasteiger partial charge is 0.490 e. The highest BCUT2D eigenvalue weighted by atomic mass is 16.5. The lowest BCUT2D eigenvalue weighted by atomic mass is 9.84. The molecule has 0 aliphatic heterocycles. The minimum absolute atomic E-state index is 0.0204. The molecule has 1 unspecified atom stereocenters. The Kier molecular flexibility index (Phi) is 5.48. The van der Waals surface area contributed by atoms with Crippen molar-refractivity contribution >= 4 is 5.91 Å². The third kappa shape index (κ3) is 3.90. The average Bonchev–Trinajstić information content (AvgIpc) is 2.39. The lowest BCUT2D eigenvalue weighted by Crippen LogP contribution is -2.35. The van der Waals surface area contributed by atoms with Crippen molar-refractivity contribution in [2.24, 2.45) is 5.92 Å². The van der Waals surface area contributed by atoms with E-state index in [0.29, 0.717) is 13.2 Å².